The molecule has 2 rings (SSSR count). The van der Waals surface area contributed by atoms with E-state index < -0.39 is 0 Å². The third kappa shape index (κ3) is 3.88. The average Bonchev–Trinajstić information content (AvgIpc) is 2.89. The highest BCUT2D eigenvalue weighted by Gasteiger charge is 2.20. The van der Waals surface area contributed by atoms with E-state index in [1.807, 2.05) is 6.07 Å². The molecule has 116 valence electrons. The minimum atomic E-state index is 0.408. The Labute approximate surface area is 128 Å². The zero-order valence-electron chi connectivity index (χ0n) is 13.7. The van der Waals surface area contributed by atoms with Crippen molar-refractivity contribution >= 4 is 11.0 Å². The van der Waals surface area contributed by atoms with Crippen LogP contribution in [-0.4, -0.2) is 7.05 Å². The molecule has 1 heterocycles. The number of para-hydroxylation sites is 1. The molecule has 21 heavy (non-hydrogen) atoms. The highest BCUT2D eigenvalue weighted by Crippen LogP contribution is 2.33. The van der Waals surface area contributed by atoms with Crippen molar-refractivity contribution in [1.29, 1.82) is 0 Å². The molecule has 1 aromatic heterocycles. The highest BCUT2D eigenvalue weighted by molar-refractivity contribution is 5.82. The van der Waals surface area contributed by atoms with Crippen molar-refractivity contribution in [2.75, 3.05) is 7.05 Å². The number of nitrogens with one attached hydrogen (secondary N) is 1. The van der Waals surface area contributed by atoms with Gasteiger partial charge in [0.15, 0.2) is 0 Å². The number of hydrogen-bond donors (Lipinski definition) is 1. The van der Waals surface area contributed by atoms with E-state index in [0.717, 1.165) is 17.8 Å². The summed E-state index contributed by atoms with van der Waals surface area (Å²) >= 11 is 0. The largest absolute Gasteiger partial charge is 0.461 e. The SMILES string of the molecule is CCCCCCCC(NC)c1c(CC)oc2ccccc12. The molecular weight excluding hydrogens is 258 g/mol. The fourth-order valence-corrected chi connectivity index (χ4v) is 3.15. The van der Waals surface area contributed by atoms with Gasteiger partial charge in [-0.2, -0.15) is 0 Å². The molecule has 0 radical (unpaired) electrons. The minimum Gasteiger partial charge on any atom is -0.461 e. The van der Waals surface area contributed by atoms with Gasteiger partial charge in [-0.15, -0.1) is 0 Å². The first-order chi connectivity index (χ1) is 10.3. The Bertz CT molecular complexity index is 543. The number of benzene rings is 1. The van der Waals surface area contributed by atoms with Crippen LogP contribution in [0.4, 0.5) is 0 Å². The van der Waals surface area contributed by atoms with E-state index in [1.54, 1.807) is 0 Å². The molecule has 0 aliphatic heterocycles. The smallest absolute Gasteiger partial charge is 0.134 e. The third-order valence-electron chi connectivity index (χ3n) is 4.33. The molecule has 0 aliphatic rings. The van der Waals surface area contributed by atoms with Gasteiger partial charge in [0, 0.05) is 23.4 Å². The van der Waals surface area contributed by atoms with E-state index in [4.69, 9.17) is 4.42 Å². The molecule has 1 atom stereocenters. The van der Waals surface area contributed by atoms with Gasteiger partial charge in [0.25, 0.3) is 0 Å². The van der Waals surface area contributed by atoms with Crippen LogP contribution < -0.4 is 5.32 Å². The van der Waals surface area contributed by atoms with Crippen LogP contribution in [0.25, 0.3) is 11.0 Å². The molecule has 0 fully saturated rings. The first-order valence-electron chi connectivity index (χ1n) is 8.49. The molecule has 0 amide bonds. The second-order valence-electron chi connectivity index (χ2n) is 5.83. The van der Waals surface area contributed by atoms with Crippen LogP contribution >= 0.6 is 0 Å². The van der Waals surface area contributed by atoms with Gasteiger partial charge in [0.1, 0.15) is 11.3 Å². The van der Waals surface area contributed by atoms with Gasteiger partial charge >= 0.3 is 0 Å². The molecule has 0 aliphatic carbocycles. The van der Waals surface area contributed by atoms with Gasteiger partial charge in [-0.1, -0.05) is 64.2 Å². The third-order valence-corrected chi connectivity index (χ3v) is 4.33. The first-order valence-corrected chi connectivity index (χ1v) is 8.49. The number of furan rings is 1. The molecule has 1 unspecified atom stereocenters. The van der Waals surface area contributed by atoms with Gasteiger partial charge in [0.2, 0.25) is 0 Å². The Morgan fingerprint density at radius 3 is 2.52 bits per heavy atom. The van der Waals surface area contributed by atoms with Crippen LogP contribution in [0.5, 0.6) is 0 Å². The van der Waals surface area contributed by atoms with Gasteiger partial charge in [0.05, 0.1) is 0 Å². The Morgan fingerprint density at radius 1 is 1.05 bits per heavy atom. The lowest BCUT2D eigenvalue weighted by Gasteiger charge is -2.17. The molecule has 1 aromatic carbocycles. The molecule has 0 spiro atoms. The van der Waals surface area contributed by atoms with Crippen molar-refractivity contribution < 1.29 is 4.42 Å². The van der Waals surface area contributed by atoms with Gasteiger partial charge < -0.3 is 9.73 Å². The highest BCUT2D eigenvalue weighted by atomic mass is 16.3. The topological polar surface area (TPSA) is 25.2 Å². The van der Waals surface area contributed by atoms with E-state index in [9.17, 15) is 0 Å². The van der Waals surface area contributed by atoms with Crippen molar-refractivity contribution in [2.24, 2.45) is 0 Å². The van der Waals surface area contributed by atoms with Crippen molar-refractivity contribution in [3.63, 3.8) is 0 Å². The number of fused-ring (bicyclic) bond motifs is 1. The number of hydrogen-bond acceptors (Lipinski definition) is 2. The van der Waals surface area contributed by atoms with Gasteiger partial charge in [-0.3, -0.25) is 0 Å². The quantitative estimate of drug-likeness (QED) is 0.606. The Balaban J connectivity index is 2.13. The number of rotatable bonds is 9. The number of aryl methyl sites for hydroxylation is 1. The zero-order chi connectivity index (χ0) is 15.1. The molecule has 2 nitrogen and oxygen atoms in total. The molecule has 0 bridgehead atoms. The lowest BCUT2D eigenvalue weighted by molar-refractivity contribution is 0.481. The van der Waals surface area contributed by atoms with Crippen molar-refractivity contribution in [2.45, 2.75) is 64.8 Å². The summed E-state index contributed by atoms with van der Waals surface area (Å²) < 4.78 is 6.04. The fourth-order valence-electron chi connectivity index (χ4n) is 3.15. The molecule has 2 aromatic rings. The summed E-state index contributed by atoms with van der Waals surface area (Å²) in [5, 5.41) is 4.78. The van der Waals surface area contributed by atoms with E-state index >= 15 is 0 Å². The predicted octanol–water partition coefficient (Wildman–Crippen LogP) is 5.62. The Hall–Kier alpha value is -1.28. The first kappa shape index (κ1) is 16.1. The van der Waals surface area contributed by atoms with E-state index in [2.05, 4.69) is 44.4 Å². The maximum atomic E-state index is 6.04. The maximum Gasteiger partial charge on any atom is 0.134 e. The lowest BCUT2D eigenvalue weighted by atomic mass is 9.96. The lowest BCUT2D eigenvalue weighted by Crippen LogP contribution is -2.17. The predicted molar refractivity (Wildman–Crippen MR) is 90.8 cm³/mol. The normalized spacial score (nSPS) is 12.9. The van der Waals surface area contributed by atoms with Crippen molar-refractivity contribution in [1.82, 2.24) is 5.32 Å². The fraction of sp³-hybridized carbons (Fsp3) is 0.579. The molecular formula is C19H29NO. The van der Waals surface area contributed by atoms with Gasteiger partial charge in [-0.25, -0.2) is 0 Å². The summed E-state index contributed by atoms with van der Waals surface area (Å²) in [6.45, 7) is 4.44. The van der Waals surface area contributed by atoms with Crippen LogP contribution in [0, 0.1) is 0 Å². The second-order valence-corrected chi connectivity index (χ2v) is 5.83. The summed E-state index contributed by atoms with van der Waals surface area (Å²) in [6, 6.07) is 8.83. The van der Waals surface area contributed by atoms with Crippen LogP contribution in [-0.2, 0) is 6.42 Å². The summed E-state index contributed by atoms with van der Waals surface area (Å²) in [5.74, 6) is 1.14. The summed E-state index contributed by atoms with van der Waals surface area (Å²) in [4.78, 5) is 0. The Morgan fingerprint density at radius 2 is 1.81 bits per heavy atom. The molecule has 2 heteroatoms. The molecule has 0 saturated heterocycles. The monoisotopic (exact) mass is 287 g/mol. The van der Waals surface area contributed by atoms with Crippen molar-refractivity contribution in [3.8, 4) is 0 Å². The zero-order valence-corrected chi connectivity index (χ0v) is 13.7. The Kier molecular flexibility index (Phi) is 6.31. The summed E-state index contributed by atoms with van der Waals surface area (Å²) in [7, 11) is 2.07. The van der Waals surface area contributed by atoms with E-state index in [0.29, 0.717) is 6.04 Å². The average molecular weight is 287 g/mol. The van der Waals surface area contributed by atoms with Crippen molar-refractivity contribution in [3.05, 3.63) is 35.6 Å². The van der Waals surface area contributed by atoms with Crippen LogP contribution in [0.2, 0.25) is 0 Å². The van der Waals surface area contributed by atoms with Crippen LogP contribution in [0.15, 0.2) is 28.7 Å². The summed E-state index contributed by atoms with van der Waals surface area (Å²) in [5.41, 5.74) is 2.40. The van der Waals surface area contributed by atoms with Crippen LogP contribution in [0.3, 0.4) is 0 Å². The second kappa shape index (κ2) is 8.23. The maximum absolute atomic E-state index is 6.04. The summed E-state index contributed by atoms with van der Waals surface area (Å²) in [6.07, 6.45) is 8.80. The number of unbranched alkanes of at least 4 members (excludes halogenated alkanes) is 4. The standard InChI is InChI=1S/C19H29NO/c1-4-6-7-8-9-13-16(20-3)19-15-12-10-11-14-18(15)21-17(19)5-2/h10-12,14,16,20H,4-9,13H2,1-3H3. The van der Waals surface area contributed by atoms with E-state index in [-0.39, 0.29) is 0 Å². The van der Waals surface area contributed by atoms with E-state index in [1.165, 1.54) is 49.5 Å². The minimum absolute atomic E-state index is 0.408. The molecule has 0 saturated carbocycles. The molecule has 1 N–H and O–H groups in total. The van der Waals surface area contributed by atoms with Crippen LogP contribution in [0.1, 0.15) is 69.7 Å². The van der Waals surface area contributed by atoms with Gasteiger partial charge in [-0.05, 0) is 19.5 Å².